The molecular weight excluding hydrogens is 207 g/mol. The van der Waals surface area contributed by atoms with Crippen molar-refractivity contribution < 1.29 is 9.09 Å². The van der Waals surface area contributed by atoms with Crippen LogP contribution in [0, 0.1) is 0 Å². The summed E-state index contributed by atoms with van der Waals surface area (Å²) in [5.74, 6) is 1.46. The van der Waals surface area contributed by atoms with Crippen LogP contribution in [0.25, 0.3) is 0 Å². The molecule has 0 spiro atoms. The molecule has 0 aromatic heterocycles. The van der Waals surface area contributed by atoms with Gasteiger partial charge >= 0.3 is 0 Å². The van der Waals surface area contributed by atoms with Gasteiger partial charge in [0.1, 0.15) is 0 Å². The Balaban J connectivity index is 2.55. The van der Waals surface area contributed by atoms with E-state index < -0.39 is 7.37 Å². The van der Waals surface area contributed by atoms with Crippen molar-refractivity contribution in [1.29, 1.82) is 0 Å². The molecule has 3 heteroatoms. The molecule has 0 radical (unpaired) electrons. The highest BCUT2D eigenvalue weighted by Crippen LogP contribution is 2.48. The van der Waals surface area contributed by atoms with Gasteiger partial charge in [-0.05, 0) is 24.7 Å². The van der Waals surface area contributed by atoms with Crippen LogP contribution in [0.15, 0.2) is 42.7 Å². The van der Waals surface area contributed by atoms with Crippen molar-refractivity contribution in [2.75, 3.05) is 12.8 Å². The first-order chi connectivity index (χ1) is 7.20. The molecule has 0 fully saturated rings. The number of benzene rings is 1. The van der Waals surface area contributed by atoms with E-state index in [9.17, 15) is 4.57 Å². The van der Waals surface area contributed by atoms with Crippen LogP contribution in [-0.2, 0) is 15.5 Å². The molecule has 0 amide bonds. The second kappa shape index (κ2) is 5.89. The van der Waals surface area contributed by atoms with E-state index in [2.05, 4.69) is 6.58 Å². The third kappa shape index (κ3) is 4.03. The highest BCUT2D eigenvalue weighted by atomic mass is 31.2. The van der Waals surface area contributed by atoms with Crippen molar-refractivity contribution >= 4 is 7.37 Å². The normalized spacial score (nSPS) is 14.5. The van der Waals surface area contributed by atoms with Gasteiger partial charge in [-0.15, -0.1) is 0 Å². The monoisotopic (exact) mass is 224 g/mol. The molecule has 0 saturated carbocycles. The Morgan fingerprint density at radius 1 is 1.40 bits per heavy atom. The van der Waals surface area contributed by atoms with Crippen LogP contribution < -0.4 is 0 Å². The fourth-order valence-electron chi connectivity index (χ4n) is 1.36. The summed E-state index contributed by atoms with van der Waals surface area (Å²) in [6.07, 6.45) is 1.30. The first-order valence-corrected chi connectivity index (χ1v) is 6.99. The van der Waals surface area contributed by atoms with E-state index in [4.69, 9.17) is 4.52 Å². The summed E-state index contributed by atoms with van der Waals surface area (Å²) in [6.45, 7) is 5.89. The molecule has 0 saturated heterocycles. The largest absolute Gasteiger partial charge is 0.326 e. The van der Waals surface area contributed by atoms with Gasteiger partial charge in [0.2, 0.25) is 7.37 Å². The smallest absolute Gasteiger partial charge is 0.224 e. The average Bonchev–Trinajstić information content (AvgIpc) is 2.28. The molecule has 2 nitrogen and oxygen atoms in total. The number of aryl methyl sites for hydroxylation is 1. The van der Waals surface area contributed by atoms with Crippen LogP contribution in [0.5, 0.6) is 0 Å². The van der Waals surface area contributed by atoms with Crippen molar-refractivity contribution in [3.63, 3.8) is 0 Å². The highest BCUT2D eigenvalue weighted by Gasteiger charge is 2.17. The van der Waals surface area contributed by atoms with Gasteiger partial charge in [-0.2, -0.15) is 0 Å². The van der Waals surface area contributed by atoms with Gasteiger partial charge in [-0.3, -0.25) is 4.57 Å². The first kappa shape index (κ1) is 12.2. The zero-order valence-electron chi connectivity index (χ0n) is 9.06. The molecular formula is C12H17O2P. The Labute approximate surface area is 91.4 Å². The van der Waals surface area contributed by atoms with E-state index in [1.54, 1.807) is 0 Å². The summed E-state index contributed by atoms with van der Waals surface area (Å²) in [4.78, 5) is 0. The Hall–Kier alpha value is -0.850. The minimum Gasteiger partial charge on any atom is -0.326 e. The lowest BCUT2D eigenvalue weighted by molar-refractivity contribution is 0.340. The molecule has 82 valence electrons. The Kier molecular flexibility index (Phi) is 4.80. The molecule has 0 aliphatic heterocycles. The third-order valence-electron chi connectivity index (χ3n) is 2.18. The molecule has 1 unspecified atom stereocenters. The van der Waals surface area contributed by atoms with Crippen molar-refractivity contribution in [3.05, 3.63) is 48.3 Å². The molecule has 1 aromatic carbocycles. The standard InChI is InChI=1S/C12H17O2P/c1-3-14-15(13,4-2)11-10-12-8-6-5-7-9-12/h4-9H,2-3,10-11H2,1H3. The predicted octanol–water partition coefficient (Wildman–Crippen LogP) is 3.69. The first-order valence-electron chi connectivity index (χ1n) is 5.11. The second-order valence-electron chi connectivity index (χ2n) is 3.29. The van der Waals surface area contributed by atoms with Gasteiger partial charge < -0.3 is 4.52 Å². The lowest BCUT2D eigenvalue weighted by atomic mass is 10.2. The molecule has 0 aliphatic rings. The van der Waals surface area contributed by atoms with Gasteiger partial charge in [-0.25, -0.2) is 0 Å². The Morgan fingerprint density at radius 3 is 2.60 bits per heavy atom. The quantitative estimate of drug-likeness (QED) is 0.689. The van der Waals surface area contributed by atoms with Crippen molar-refractivity contribution in [3.8, 4) is 0 Å². The fraction of sp³-hybridized carbons (Fsp3) is 0.333. The average molecular weight is 224 g/mol. The van der Waals surface area contributed by atoms with Crippen LogP contribution in [-0.4, -0.2) is 12.8 Å². The summed E-state index contributed by atoms with van der Waals surface area (Å²) in [5, 5.41) is 0. The van der Waals surface area contributed by atoms with Crippen LogP contribution >= 0.6 is 7.37 Å². The van der Waals surface area contributed by atoms with Crippen molar-refractivity contribution in [1.82, 2.24) is 0 Å². The number of hydrogen-bond acceptors (Lipinski definition) is 2. The summed E-state index contributed by atoms with van der Waals surface area (Å²) < 4.78 is 17.3. The summed E-state index contributed by atoms with van der Waals surface area (Å²) in [6, 6.07) is 9.99. The van der Waals surface area contributed by atoms with E-state index in [1.807, 2.05) is 37.3 Å². The second-order valence-corrected chi connectivity index (χ2v) is 5.81. The van der Waals surface area contributed by atoms with Crippen LogP contribution in [0.2, 0.25) is 0 Å². The maximum Gasteiger partial charge on any atom is 0.224 e. The summed E-state index contributed by atoms with van der Waals surface area (Å²) >= 11 is 0. The van der Waals surface area contributed by atoms with Gasteiger partial charge in [0, 0.05) is 6.16 Å². The van der Waals surface area contributed by atoms with Crippen molar-refractivity contribution in [2.24, 2.45) is 0 Å². The lowest BCUT2D eigenvalue weighted by Gasteiger charge is -2.12. The van der Waals surface area contributed by atoms with Crippen molar-refractivity contribution in [2.45, 2.75) is 13.3 Å². The SMILES string of the molecule is C=CP(=O)(CCc1ccccc1)OCC. The van der Waals surface area contributed by atoms with Gasteiger partial charge in [0.05, 0.1) is 6.61 Å². The van der Waals surface area contributed by atoms with E-state index in [0.717, 1.165) is 6.42 Å². The maximum atomic E-state index is 12.0. The highest BCUT2D eigenvalue weighted by molar-refractivity contribution is 7.62. The summed E-state index contributed by atoms with van der Waals surface area (Å²) in [7, 11) is -2.60. The Bertz CT molecular complexity index is 346. The van der Waals surface area contributed by atoms with Crippen LogP contribution in [0.3, 0.4) is 0 Å². The molecule has 1 rings (SSSR count). The molecule has 1 aromatic rings. The Morgan fingerprint density at radius 2 is 2.07 bits per heavy atom. The number of rotatable bonds is 6. The number of hydrogen-bond donors (Lipinski definition) is 0. The minimum absolute atomic E-state index is 0.470. The molecule has 0 heterocycles. The molecule has 15 heavy (non-hydrogen) atoms. The van der Waals surface area contributed by atoms with Gasteiger partial charge in [-0.1, -0.05) is 36.9 Å². The zero-order valence-corrected chi connectivity index (χ0v) is 9.95. The van der Waals surface area contributed by atoms with Crippen LogP contribution in [0.4, 0.5) is 0 Å². The minimum atomic E-state index is -2.60. The van der Waals surface area contributed by atoms with Gasteiger partial charge in [0.15, 0.2) is 0 Å². The van der Waals surface area contributed by atoms with E-state index in [-0.39, 0.29) is 0 Å². The maximum absolute atomic E-state index is 12.0. The van der Waals surface area contributed by atoms with Gasteiger partial charge in [0.25, 0.3) is 0 Å². The van der Waals surface area contributed by atoms with E-state index in [1.165, 1.54) is 11.4 Å². The fourth-order valence-corrected chi connectivity index (χ4v) is 2.78. The molecule has 0 N–H and O–H groups in total. The van der Waals surface area contributed by atoms with E-state index in [0.29, 0.717) is 12.8 Å². The molecule has 0 bridgehead atoms. The molecule has 1 atom stereocenters. The zero-order chi connectivity index (χ0) is 11.1. The summed E-state index contributed by atoms with van der Waals surface area (Å²) in [5.41, 5.74) is 1.18. The van der Waals surface area contributed by atoms with Crippen LogP contribution in [0.1, 0.15) is 12.5 Å². The topological polar surface area (TPSA) is 26.3 Å². The predicted molar refractivity (Wildman–Crippen MR) is 64.4 cm³/mol. The molecule has 0 aliphatic carbocycles. The third-order valence-corrected chi connectivity index (χ3v) is 4.28. The lowest BCUT2D eigenvalue weighted by Crippen LogP contribution is -1.96. The van der Waals surface area contributed by atoms with E-state index >= 15 is 0 Å².